The van der Waals surface area contributed by atoms with Crippen molar-refractivity contribution in [1.82, 2.24) is 10.2 Å². The maximum atomic E-state index is 12.4. The van der Waals surface area contributed by atoms with Crippen molar-refractivity contribution in [2.45, 2.75) is 33.2 Å². The fourth-order valence-electron chi connectivity index (χ4n) is 2.48. The van der Waals surface area contributed by atoms with E-state index in [2.05, 4.69) is 10.6 Å². The molecule has 1 atom stereocenters. The van der Waals surface area contributed by atoms with E-state index in [4.69, 9.17) is 4.74 Å². The van der Waals surface area contributed by atoms with Gasteiger partial charge in [-0.15, -0.1) is 0 Å². The smallest absolute Gasteiger partial charge is 0.321 e. The highest BCUT2D eigenvalue weighted by Crippen LogP contribution is 2.17. The molecule has 2 N–H and O–H groups in total. The minimum Gasteiger partial charge on any atom is -0.492 e. The number of nitrogens with zero attached hydrogens (tertiary/aromatic N) is 1. The number of carbonyl (C=O) groups is 2. The fourth-order valence-corrected chi connectivity index (χ4v) is 2.48. The maximum Gasteiger partial charge on any atom is 0.321 e. The van der Waals surface area contributed by atoms with E-state index in [1.807, 2.05) is 51.1 Å². The average molecular weight is 383 g/mol. The lowest BCUT2D eigenvalue weighted by atomic mass is 10.1. The second-order valence-corrected chi connectivity index (χ2v) is 6.83. The summed E-state index contributed by atoms with van der Waals surface area (Å²) in [7, 11) is 1.72. The van der Waals surface area contributed by atoms with Crippen LogP contribution in [0.2, 0.25) is 0 Å². The Bertz CT molecular complexity index is 793. The highest BCUT2D eigenvalue weighted by atomic mass is 16.5. The van der Waals surface area contributed by atoms with E-state index >= 15 is 0 Å². The molecular formula is C22H29N3O3. The summed E-state index contributed by atoms with van der Waals surface area (Å²) in [5, 5.41) is 5.82. The van der Waals surface area contributed by atoms with Gasteiger partial charge in [-0.05, 0) is 56.2 Å². The summed E-state index contributed by atoms with van der Waals surface area (Å²) in [6.45, 7) is 6.72. The molecule has 0 saturated heterocycles. The van der Waals surface area contributed by atoms with E-state index in [0.29, 0.717) is 24.4 Å². The zero-order chi connectivity index (χ0) is 20.5. The molecule has 0 aliphatic rings. The van der Waals surface area contributed by atoms with Crippen molar-refractivity contribution in [2.75, 3.05) is 25.5 Å². The number of para-hydroxylation sites is 1. The summed E-state index contributed by atoms with van der Waals surface area (Å²) >= 11 is 0. The summed E-state index contributed by atoms with van der Waals surface area (Å²) in [5.41, 5.74) is 2.10. The summed E-state index contributed by atoms with van der Waals surface area (Å²) in [4.78, 5) is 26.2. The number of anilines is 1. The second-order valence-electron chi connectivity index (χ2n) is 6.83. The monoisotopic (exact) mass is 383 g/mol. The van der Waals surface area contributed by atoms with E-state index < -0.39 is 0 Å². The molecule has 0 aromatic heterocycles. The van der Waals surface area contributed by atoms with Gasteiger partial charge in [0.2, 0.25) is 0 Å². The molecule has 1 unspecified atom stereocenters. The van der Waals surface area contributed by atoms with Crippen LogP contribution >= 0.6 is 0 Å². The number of amides is 3. The van der Waals surface area contributed by atoms with E-state index in [9.17, 15) is 9.59 Å². The van der Waals surface area contributed by atoms with Gasteiger partial charge < -0.3 is 20.3 Å². The molecule has 0 heterocycles. The average Bonchev–Trinajstić information content (AvgIpc) is 2.69. The lowest BCUT2D eigenvalue weighted by Gasteiger charge is -2.19. The molecule has 2 aromatic carbocycles. The Morgan fingerprint density at radius 1 is 1.14 bits per heavy atom. The molecule has 0 aliphatic carbocycles. The van der Waals surface area contributed by atoms with Gasteiger partial charge in [0, 0.05) is 24.3 Å². The van der Waals surface area contributed by atoms with Crippen LogP contribution in [0.4, 0.5) is 10.5 Å². The third kappa shape index (κ3) is 6.30. The number of carbonyl (C=O) groups excluding carboxylic acids is 2. The Hall–Kier alpha value is -3.02. The number of nitrogens with one attached hydrogen (secondary N) is 2. The molecule has 0 spiro atoms. The van der Waals surface area contributed by atoms with Gasteiger partial charge in [-0.2, -0.15) is 0 Å². The first kappa shape index (κ1) is 21.3. The summed E-state index contributed by atoms with van der Waals surface area (Å²) in [6, 6.07) is 14.6. The minimum atomic E-state index is -0.225. The molecule has 3 amide bonds. The highest BCUT2D eigenvalue weighted by molar-refractivity contribution is 5.96. The largest absolute Gasteiger partial charge is 0.492 e. The Balaban J connectivity index is 1.87. The zero-order valence-electron chi connectivity index (χ0n) is 17.0. The number of benzene rings is 2. The Morgan fingerprint density at radius 3 is 2.50 bits per heavy atom. The number of rotatable bonds is 8. The van der Waals surface area contributed by atoms with Crippen molar-refractivity contribution in [3.63, 3.8) is 0 Å². The third-order valence-corrected chi connectivity index (χ3v) is 4.51. The lowest BCUT2D eigenvalue weighted by molar-refractivity contribution is 0.0939. The Labute approximate surface area is 166 Å². The topological polar surface area (TPSA) is 70.7 Å². The van der Waals surface area contributed by atoms with Crippen LogP contribution in [0.5, 0.6) is 5.75 Å². The van der Waals surface area contributed by atoms with Crippen LogP contribution in [0.3, 0.4) is 0 Å². The predicted octanol–water partition coefficient (Wildman–Crippen LogP) is 4.07. The molecule has 0 radical (unpaired) electrons. The van der Waals surface area contributed by atoms with Gasteiger partial charge in [-0.3, -0.25) is 4.79 Å². The van der Waals surface area contributed by atoms with Crippen molar-refractivity contribution >= 4 is 17.6 Å². The molecule has 6 nitrogen and oxygen atoms in total. The zero-order valence-corrected chi connectivity index (χ0v) is 17.0. The van der Waals surface area contributed by atoms with Gasteiger partial charge in [0.1, 0.15) is 12.4 Å². The van der Waals surface area contributed by atoms with Crippen molar-refractivity contribution in [1.29, 1.82) is 0 Å². The van der Waals surface area contributed by atoms with Crippen LogP contribution in [-0.2, 0) is 0 Å². The first-order chi connectivity index (χ1) is 13.4. The first-order valence-electron chi connectivity index (χ1n) is 9.52. The van der Waals surface area contributed by atoms with Gasteiger partial charge in [0.15, 0.2) is 0 Å². The van der Waals surface area contributed by atoms with Gasteiger partial charge in [0.25, 0.3) is 5.91 Å². The predicted molar refractivity (Wildman–Crippen MR) is 112 cm³/mol. The van der Waals surface area contributed by atoms with Crippen molar-refractivity contribution in [2.24, 2.45) is 0 Å². The summed E-state index contributed by atoms with van der Waals surface area (Å²) in [5.74, 6) is 0.670. The summed E-state index contributed by atoms with van der Waals surface area (Å²) < 4.78 is 5.62. The van der Waals surface area contributed by atoms with Crippen LogP contribution in [0.25, 0.3) is 0 Å². The molecular weight excluding hydrogens is 354 g/mol. The molecule has 150 valence electrons. The fraction of sp³-hybridized carbons (Fsp3) is 0.364. The van der Waals surface area contributed by atoms with E-state index in [-0.39, 0.29) is 18.0 Å². The molecule has 0 fully saturated rings. The molecule has 28 heavy (non-hydrogen) atoms. The molecule has 0 bridgehead atoms. The quantitative estimate of drug-likeness (QED) is 0.722. The number of hydrogen-bond acceptors (Lipinski definition) is 3. The molecule has 2 rings (SSSR count). The van der Waals surface area contributed by atoms with Crippen LogP contribution in [-0.4, -0.2) is 43.1 Å². The molecule has 2 aromatic rings. The lowest BCUT2D eigenvalue weighted by Crippen LogP contribution is -2.34. The van der Waals surface area contributed by atoms with Crippen molar-refractivity contribution in [3.05, 3.63) is 59.7 Å². The van der Waals surface area contributed by atoms with Crippen LogP contribution in [0.1, 0.15) is 36.2 Å². The Morgan fingerprint density at radius 2 is 1.86 bits per heavy atom. The van der Waals surface area contributed by atoms with Crippen molar-refractivity contribution in [3.8, 4) is 5.75 Å². The van der Waals surface area contributed by atoms with Crippen LogP contribution in [0, 0.1) is 6.92 Å². The number of aryl methyl sites for hydroxylation is 1. The molecule has 6 heteroatoms. The third-order valence-electron chi connectivity index (χ3n) is 4.51. The van der Waals surface area contributed by atoms with Gasteiger partial charge in [-0.25, -0.2) is 4.79 Å². The molecule has 0 aliphatic heterocycles. The Kier molecular flexibility index (Phi) is 7.87. The normalized spacial score (nSPS) is 11.4. The number of ether oxygens (including phenoxy) is 1. The van der Waals surface area contributed by atoms with Crippen molar-refractivity contribution < 1.29 is 14.3 Å². The van der Waals surface area contributed by atoms with E-state index in [0.717, 1.165) is 17.7 Å². The van der Waals surface area contributed by atoms with Gasteiger partial charge in [-0.1, -0.05) is 25.1 Å². The van der Waals surface area contributed by atoms with Gasteiger partial charge >= 0.3 is 6.03 Å². The van der Waals surface area contributed by atoms with Crippen LogP contribution < -0.4 is 15.4 Å². The maximum absolute atomic E-state index is 12.4. The van der Waals surface area contributed by atoms with Gasteiger partial charge in [0.05, 0.1) is 6.54 Å². The first-order valence-corrected chi connectivity index (χ1v) is 9.52. The molecule has 0 saturated carbocycles. The van der Waals surface area contributed by atoms with Crippen LogP contribution in [0.15, 0.2) is 48.5 Å². The van der Waals surface area contributed by atoms with E-state index in [1.54, 1.807) is 30.1 Å². The number of hydrogen-bond donors (Lipinski definition) is 2. The minimum absolute atomic E-state index is 0.106. The number of likely N-dealkylation sites (N-methyl/N-ethyl adjacent to an activating group) is 1. The summed E-state index contributed by atoms with van der Waals surface area (Å²) in [6.07, 6.45) is 0.874. The SMILES string of the molecule is CCC(C)NC(=O)c1ccc(NC(=O)N(C)CCOc2ccccc2)c(C)c1. The second kappa shape index (κ2) is 10.3. The standard InChI is InChI=1S/C22H29N3O3/c1-5-17(3)23-21(26)18-11-12-20(16(2)15-18)24-22(27)25(4)13-14-28-19-9-7-6-8-10-19/h6-12,15,17H,5,13-14H2,1-4H3,(H,23,26)(H,24,27). The number of urea groups is 1. The van der Waals surface area contributed by atoms with E-state index in [1.165, 1.54) is 0 Å². The highest BCUT2D eigenvalue weighted by Gasteiger charge is 2.13.